The summed E-state index contributed by atoms with van der Waals surface area (Å²) in [5.41, 5.74) is 7.25. The molecular weight excluding hydrogens is 286 g/mol. The molecule has 3 nitrogen and oxygen atoms in total. The molecule has 0 amide bonds. The fraction of sp³-hybridized carbons (Fsp3) is 0.700. The number of ether oxygens (including phenoxy) is 2. The number of benzene rings is 1. The lowest BCUT2D eigenvalue weighted by molar-refractivity contribution is 0.0724. The van der Waals surface area contributed by atoms with E-state index in [1.165, 1.54) is 18.4 Å². The summed E-state index contributed by atoms with van der Waals surface area (Å²) in [6.45, 7) is 14.7. The summed E-state index contributed by atoms with van der Waals surface area (Å²) in [6.07, 6.45) is 2.42. The van der Waals surface area contributed by atoms with Gasteiger partial charge >= 0.3 is 0 Å². The van der Waals surface area contributed by atoms with Crippen molar-refractivity contribution in [3.8, 4) is 5.75 Å². The average molecular weight is 322 g/mol. The number of nitrogens with two attached hydrogens (primary N) is 1. The lowest BCUT2D eigenvalue weighted by Crippen LogP contribution is -2.37. The molecule has 1 aromatic rings. The minimum Gasteiger partial charge on any atom is -0.491 e. The van der Waals surface area contributed by atoms with Crippen LogP contribution in [0.15, 0.2) is 24.3 Å². The first kappa shape index (κ1) is 20.0. The number of hydrogen-bond acceptors (Lipinski definition) is 3. The maximum absolute atomic E-state index is 5.87. The van der Waals surface area contributed by atoms with Gasteiger partial charge in [0.05, 0.1) is 13.2 Å². The van der Waals surface area contributed by atoms with Crippen LogP contribution in [0.5, 0.6) is 5.75 Å². The third kappa shape index (κ3) is 7.85. The zero-order chi connectivity index (χ0) is 17.5. The molecule has 1 unspecified atom stereocenters. The minimum absolute atomic E-state index is 0.279. The van der Waals surface area contributed by atoms with E-state index in [4.69, 9.17) is 15.2 Å². The fourth-order valence-electron chi connectivity index (χ4n) is 2.74. The van der Waals surface area contributed by atoms with E-state index in [-0.39, 0.29) is 11.0 Å². The van der Waals surface area contributed by atoms with E-state index in [1.807, 2.05) is 13.8 Å². The highest BCUT2D eigenvalue weighted by atomic mass is 16.5. The number of hydrogen-bond donors (Lipinski definition) is 1. The fourth-order valence-corrected chi connectivity index (χ4v) is 2.74. The molecule has 23 heavy (non-hydrogen) atoms. The molecule has 132 valence electrons. The molecule has 0 aliphatic rings. The molecule has 0 aromatic heterocycles. The van der Waals surface area contributed by atoms with Crippen molar-refractivity contribution in [3.05, 3.63) is 29.8 Å². The molecule has 1 rings (SSSR count). The highest BCUT2D eigenvalue weighted by molar-refractivity contribution is 5.30. The monoisotopic (exact) mass is 321 g/mol. The van der Waals surface area contributed by atoms with Crippen LogP contribution >= 0.6 is 0 Å². The molecule has 0 aliphatic heterocycles. The van der Waals surface area contributed by atoms with Crippen LogP contribution < -0.4 is 10.5 Å². The third-order valence-corrected chi connectivity index (χ3v) is 3.88. The smallest absolute Gasteiger partial charge is 0.119 e. The molecule has 2 N–H and O–H groups in total. The molecule has 0 bridgehead atoms. The minimum atomic E-state index is -0.289. The van der Waals surface area contributed by atoms with Gasteiger partial charge in [0.1, 0.15) is 12.4 Å². The summed E-state index contributed by atoms with van der Waals surface area (Å²) in [4.78, 5) is 0. The summed E-state index contributed by atoms with van der Waals surface area (Å²) in [7, 11) is 0. The van der Waals surface area contributed by atoms with E-state index in [2.05, 4.69) is 52.0 Å². The summed E-state index contributed by atoms with van der Waals surface area (Å²) >= 11 is 0. The molecule has 0 heterocycles. The van der Waals surface area contributed by atoms with Crippen LogP contribution in [-0.4, -0.2) is 25.4 Å². The van der Waals surface area contributed by atoms with Gasteiger partial charge in [-0.1, -0.05) is 46.2 Å². The lowest BCUT2D eigenvalue weighted by atomic mass is 9.74. The maximum Gasteiger partial charge on any atom is 0.119 e. The molecular formula is C20H35NO2. The predicted octanol–water partition coefficient (Wildman–Crippen LogP) is 4.75. The van der Waals surface area contributed by atoms with Gasteiger partial charge in [0, 0.05) is 5.54 Å². The van der Waals surface area contributed by atoms with Crippen molar-refractivity contribution in [2.24, 2.45) is 11.1 Å². The first-order chi connectivity index (χ1) is 10.6. The topological polar surface area (TPSA) is 44.5 Å². The van der Waals surface area contributed by atoms with Gasteiger partial charge in [0.2, 0.25) is 0 Å². The Labute approximate surface area is 142 Å². The quantitative estimate of drug-likeness (QED) is 0.668. The summed E-state index contributed by atoms with van der Waals surface area (Å²) in [5, 5.41) is 0. The van der Waals surface area contributed by atoms with Crippen LogP contribution in [0.2, 0.25) is 0 Å². The summed E-state index contributed by atoms with van der Waals surface area (Å²) < 4.78 is 11.2. The second-order valence-electron chi connectivity index (χ2n) is 8.17. The molecule has 0 saturated heterocycles. The Hall–Kier alpha value is -1.06. The first-order valence-electron chi connectivity index (χ1n) is 8.73. The molecule has 1 aromatic carbocycles. The van der Waals surface area contributed by atoms with Crippen molar-refractivity contribution >= 4 is 0 Å². The van der Waals surface area contributed by atoms with Crippen molar-refractivity contribution in [1.82, 2.24) is 0 Å². The Morgan fingerprint density at radius 2 is 1.61 bits per heavy atom. The summed E-state index contributed by atoms with van der Waals surface area (Å²) in [5.74, 6) is 1.48. The van der Waals surface area contributed by atoms with Gasteiger partial charge in [-0.3, -0.25) is 0 Å². The van der Waals surface area contributed by atoms with E-state index in [0.717, 1.165) is 5.75 Å². The molecule has 1 atom stereocenters. The molecule has 3 heteroatoms. The molecule has 0 saturated carbocycles. The van der Waals surface area contributed by atoms with Crippen LogP contribution in [0.1, 0.15) is 65.9 Å². The number of rotatable bonds is 9. The van der Waals surface area contributed by atoms with Crippen molar-refractivity contribution < 1.29 is 9.47 Å². The standard InChI is InChI=1S/C20H35NO2/c1-7-8-18(19(2,3)4)16-9-11-17(12-10-16)23-14-13-22-15-20(5,6)21/h9-12,18H,7-8,13-15,21H2,1-6H3. The Morgan fingerprint density at radius 1 is 1.00 bits per heavy atom. The van der Waals surface area contributed by atoms with Gasteiger partial charge in [0.15, 0.2) is 0 Å². The van der Waals surface area contributed by atoms with Gasteiger partial charge in [-0.25, -0.2) is 0 Å². The van der Waals surface area contributed by atoms with E-state index in [1.54, 1.807) is 0 Å². The summed E-state index contributed by atoms with van der Waals surface area (Å²) in [6, 6.07) is 8.53. The zero-order valence-electron chi connectivity index (χ0n) is 15.8. The Bertz CT molecular complexity index is 440. The molecule has 0 fully saturated rings. The third-order valence-electron chi connectivity index (χ3n) is 3.88. The highest BCUT2D eigenvalue weighted by Gasteiger charge is 2.25. The van der Waals surface area contributed by atoms with Gasteiger partial charge in [0.25, 0.3) is 0 Å². The molecule has 0 radical (unpaired) electrons. The second-order valence-corrected chi connectivity index (χ2v) is 8.17. The van der Waals surface area contributed by atoms with Crippen molar-refractivity contribution in [2.75, 3.05) is 19.8 Å². The van der Waals surface area contributed by atoms with E-state index >= 15 is 0 Å². The van der Waals surface area contributed by atoms with Crippen molar-refractivity contribution in [1.29, 1.82) is 0 Å². The normalized spacial score (nSPS) is 13.9. The highest BCUT2D eigenvalue weighted by Crippen LogP contribution is 2.38. The van der Waals surface area contributed by atoms with E-state index < -0.39 is 0 Å². The average Bonchev–Trinajstić information content (AvgIpc) is 2.43. The molecule has 0 spiro atoms. The Morgan fingerprint density at radius 3 is 2.09 bits per heavy atom. The lowest BCUT2D eigenvalue weighted by Gasteiger charge is -2.31. The SMILES string of the molecule is CCCC(c1ccc(OCCOCC(C)(C)N)cc1)C(C)(C)C. The van der Waals surface area contributed by atoms with Gasteiger partial charge in [-0.15, -0.1) is 0 Å². The molecule has 0 aliphatic carbocycles. The Kier molecular flexibility index (Phi) is 7.56. The van der Waals surface area contributed by atoms with Gasteiger partial charge in [-0.05, 0) is 49.3 Å². The van der Waals surface area contributed by atoms with Crippen LogP contribution in [-0.2, 0) is 4.74 Å². The van der Waals surface area contributed by atoms with Crippen LogP contribution in [0, 0.1) is 5.41 Å². The largest absolute Gasteiger partial charge is 0.491 e. The second kappa shape index (κ2) is 8.70. The van der Waals surface area contributed by atoms with Gasteiger partial charge in [-0.2, -0.15) is 0 Å². The Balaban J connectivity index is 2.49. The first-order valence-corrected chi connectivity index (χ1v) is 8.73. The predicted molar refractivity (Wildman–Crippen MR) is 98.1 cm³/mol. The van der Waals surface area contributed by atoms with E-state index in [9.17, 15) is 0 Å². The van der Waals surface area contributed by atoms with Crippen molar-refractivity contribution in [3.63, 3.8) is 0 Å². The van der Waals surface area contributed by atoms with Crippen LogP contribution in [0.25, 0.3) is 0 Å². The van der Waals surface area contributed by atoms with Crippen LogP contribution in [0.4, 0.5) is 0 Å². The van der Waals surface area contributed by atoms with Crippen LogP contribution in [0.3, 0.4) is 0 Å². The van der Waals surface area contributed by atoms with Crippen molar-refractivity contribution in [2.45, 2.75) is 65.8 Å². The van der Waals surface area contributed by atoms with E-state index in [0.29, 0.717) is 25.7 Å². The zero-order valence-corrected chi connectivity index (χ0v) is 15.8. The maximum atomic E-state index is 5.87. The van der Waals surface area contributed by atoms with Gasteiger partial charge < -0.3 is 15.2 Å².